The predicted molar refractivity (Wildman–Crippen MR) is 66.7 cm³/mol. The minimum absolute atomic E-state index is 0.0993. The number of carbonyl (C=O) groups excluding carboxylic acids is 2. The first-order valence-corrected chi connectivity index (χ1v) is 5.99. The van der Waals surface area contributed by atoms with E-state index < -0.39 is 41.1 Å². The molecule has 2 atom stereocenters. The molecule has 2 N–H and O–H groups in total. The quantitative estimate of drug-likeness (QED) is 0.637. The largest absolute Gasteiger partial charge is 0.418 e. The zero-order valence-electron chi connectivity index (χ0n) is 10.9. The number of anilines is 2. The highest BCUT2D eigenvalue weighted by atomic mass is 19.4. The molecule has 4 nitrogen and oxygen atoms in total. The summed E-state index contributed by atoms with van der Waals surface area (Å²) in [5.74, 6) is -2.09. The Morgan fingerprint density at radius 3 is 2.05 bits per heavy atom. The van der Waals surface area contributed by atoms with E-state index in [1.807, 2.05) is 0 Å². The molecule has 1 aliphatic rings. The summed E-state index contributed by atoms with van der Waals surface area (Å²) in [5.41, 5.74) is 3.69. The lowest BCUT2D eigenvalue weighted by molar-refractivity contribution is -0.137. The summed E-state index contributed by atoms with van der Waals surface area (Å²) in [7, 11) is 0. The van der Waals surface area contributed by atoms with Crippen molar-refractivity contribution in [1.29, 1.82) is 0 Å². The highest BCUT2D eigenvalue weighted by Crippen LogP contribution is 2.38. The third kappa shape index (κ3) is 2.13. The fraction of sp³-hybridized carbons (Fsp3) is 0.385. The average molecular weight is 286 g/mol. The van der Waals surface area contributed by atoms with Crippen LogP contribution < -0.4 is 10.6 Å². The number of rotatable bonds is 1. The molecule has 1 aliphatic heterocycles. The summed E-state index contributed by atoms with van der Waals surface area (Å²) in [4.78, 5) is 24.7. The van der Waals surface area contributed by atoms with Gasteiger partial charge in [-0.15, -0.1) is 0 Å². The molecule has 2 unspecified atom stereocenters. The molecule has 20 heavy (non-hydrogen) atoms. The highest BCUT2D eigenvalue weighted by Gasteiger charge is 2.44. The van der Waals surface area contributed by atoms with Crippen LogP contribution >= 0.6 is 0 Å². The Kier molecular flexibility index (Phi) is 3.23. The number of benzene rings is 1. The van der Waals surface area contributed by atoms with E-state index in [0.29, 0.717) is 0 Å². The van der Waals surface area contributed by atoms with Crippen LogP contribution in [0.15, 0.2) is 18.2 Å². The highest BCUT2D eigenvalue weighted by molar-refractivity contribution is 6.21. The van der Waals surface area contributed by atoms with E-state index in [9.17, 15) is 22.8 Å². The van der Waals surface area contributed by atoms with E-state index >= 15 is 0 Å². The van der Waals surface area contributed by atoms with Crippen LogP contribution in [0, 0.1) is 11.8 Å². The molecule has 7 heteroatoms. The summed E-state index contributed by atoms with van der Waals surface area (Å²) < 4.78 is 38.4. The van der Waals surface area contributed by atoms with Crippen molar-refractivity contribution in [2.24, 2.45) is 11.8 Å². The zero-order chi connectivity index (χ0) is 15.2. The van der Waals surface area contributed by atoms with Crippen LogP contribution in [0.25, 0.3) is 0 Å². The van der Waals surface area contributed by atoms with Gasteiger partial charge in [0.2, 0.25) is 11.8 Å². The third-order valence-corrected chi connectivity index (χ3v) is 3.57. The summed E-state index contributed by atoms with van der Waals surface area (Å²) in [6.07, 6.45) is -4.64. The van der Waals surface area contributed by atoms with Gasteiger partial charge in [0.05, 0.1) is 11.3 Å². The third-order valence-electron chi connectivity index (χ3n) is 3.57. The topological polar surface area (TPSA) is 63.4 Å². The van der Waals surface area contributed by atoms with Crippen molar-refractivity contribution in [2.75, 3.05) is 10.6 Å². The standard InChI is InChI=1S/C13H13F3N2O2/c1-6-7(2)12(20)18(11(6)19)8-3-4-10(17)9(5-8)13(14,15)16/h3-7H,17H2,1-2H3. The van der Waals surface area contributed by atoms with Crippen molar-refractivity contribution >= 4 is 23.2 Å². The first kappa shape index (κ1) is 14.4. The maximum absolute atomic E-state index is 12.8. The molecule has 1 heterocycles. The van der Waals surface area contributed by atoms with Crippen LogP contribution in [0.4, 0.5) is 24.5 Å². The van der Waals surface area contributed by atoms with E-state index in [-0.39, 0.29) is 5.69 Å². The van der Waals surface area contributed by atoms with Gasteiger partial charge in [0, 0.05) is 17.5 Å². The molecule has 0 saturated carbocycles. The van der Waals surface area contributed by atoms with E-state index in [0.717, 1.165) is 17.0 Å². The number of halogens is 3. The Labute approximate surface area is 113 Å². The molecule has 0 aromatic heterocycles. The first-order valence-electron chi connectivity index (χ1n) is 5.99. The Morgan fingerprint density at radius 1 is 1.10 bits per heavy atom. The average Bonchev–Trinajstić information content (AvgIpc) is 2.54. The number of imide groups is 1. The predicted octanol–water partition coefficient (Wildman–Crippen LogP) is 2.43. The molecule has 0 aliphatic carbocycles. The van der Waals surface area contributed by atoms with E-state index in [1.54, 1.807) is 13.8 Å². The van der Waals surface area contributed by atoms with Crippen molar-refractivity contribution in [3.8, 4) is 0 Å². The smallest absolute Gasteiger partial charge is 0.398 e. The maximum Gasteiger partial charge on any atom is 0.418 e. The van der Waals surface area contributed by atoms with E-state index in [4.69, 9.17) is 5.73 Å². The number of carbonyl (C=O) groups is 2. The van der Waals surface area contributed by atoms with Crippen molar-refractivity contribution in [1.82, 2.24) is 0 Å². The Hall–Kier alpha value is -2.05. The second-order valence-electron chi connectivity index (χ2n) is 4.86. The number of hydrogen-bond donors (Lipinski definition) is 1. The van der Waals surface area contributed by atoms with Gasteiger partial charge in [0.15, 0.2) is 0 Å². The first-order chi connectivity index (χ1) is 9.14. The van der Waals surface area contributed by atoms with Crippen molar-refractivity contribution in [3.63, 3.8) is 0 Å². The molecule has 108 valence electrons. The molecule has 1 saturated heterocycles. The molecule has 2 amide bonds. The van der Waals surface area contributed by atoms with Crippen molar-refractivity contribution in [3.05, 3.63) is 23.8 Å². The summed E-state index contributed by atoms with van der Waals surface area (Å²) in [5, 5.41) is 0. The number of nitrogens with two attached hydrogens (primary N) is 1. The van der Waals surface area contributed by atoms with Crippen LogP contribution in [-0.2, 0) is 15.8 Å². The number of amides is 2. The number of alkyl halides is 3. The van der Waals surface area contributed by atoms with Gasteiger partial charge < -0.3 is 5.73 Å². The summed E-state index contributed by atoms with van der Waals surface area (Å²) in [6.45, 7) is 3.15. The van der Waals surface area contributed by atoms with E-state index in [2.05, 4.69) is 0 Å². The molecule has 0 spiro atoms. The van der Waals surface area contributed by atoms with Crippen molar-refractivity contribution < 1.29 is 22.8 Å². The molecule has 0 bridgehead atoms. The molecule has 2 rings (SSSR count). The molecule has 1 aromatic carbocycles. The zero-order valence-corrected chi connectivity index (χ0v) is 10.9. The monoisotopic (exact) mass is 286 g/mol. The van der Waals surface area contributed by atoms with Crippen LogP contribution in [0.1, 0.15) is 19.4 Å². The SMILES string of the molecule is CC1C(=O)N(c2ccc(N)c(C(F)(F)F)c2)C(=O)C1C. The van der Waals surface area contributed by atoms with Gasteiger partial charge in [-0.1, -0.05) is 13.8 Å². The van der Waals surface area contributed by atoms with Gasteiger partial charge in [-0.3, -0.25) is 14.5 Å². The molecule has 1 aromatic rings. The van der Waals surface area contributed by atoms with Gasteiger partial charge in [0.1, 0.15) is 0 Å². The Bertz CT molecular complexity index is 563. The van der Waals surface area contributed by atoms with Crippen LogP contribution in [0.2, 0.25) is 0 Å². The molecular weight excluding hydrogens is 273 g/mol. The number of nitrogen functional groups attached to an aromatic ring is 1. The van der Waals surface area contributed by atoms with Crippen molar-refractivity contribution in [2.45, 2.75) is 20.0 Å². The lowest BCUT2D eigenvalue weighted by Crippen LogP contribution is -2.31. The summed E-state index contributed by atoms with van der Waals surface area (Å²) in [6, 6.07) is 3.02. The molecule has 0 radical (unpaired) electrons. The second kappa shape index (κ2) is 4.50. The lowest BCUT2D eigenvalue weighted by Gasteiger charge is -2.18. The van der Waals surface area contributed by atoms with Gasteiger partial charge in [-0.25, -0.2) is 0 Å². The van der Waals surface area contributed by atoms with Crippen LogP contribution in [0.3, 0.4) is 0 Å². The normalized spacial score (nSPS) is 23.6. The van der Waals surface area contributed by atoms with Crippen LogP contribution in [0.5, 0.6) is 0 Å². The second-order valence-corrected chi connectivity index (χ2v) is 4.86. The molecular formula is C13H13F3N2O2. The van der Waals surface area contributed by atoms with Gasteiger partial charge in [-0.05, 0) is 18.2 Å². The fourth-order valence-corrected chi connectivity index (χ4v) is 2.13. The van der Waals surface area contributed by atoms with Gasteiger partial charge >= 0.3 is 6.18 Å². The summed E-state index contributed by atoms with van der Waals surface area (Å²) >= 11 is 0. The fourth-order valence-electron chi connectivity index (χ4n) is 2.13. The van der Waals surface area contributed by atoms with Gasteiger partial charge in [-0.2, -0.15) is 13.2 Å². The van der Waals surface area contributed by atoms with E-state index in [1.165, 1.54) is 6.07 Å². The number of hydrogen-bond acceptors (Lipinski definition) is 3. The van der Waals surface area contributed by atoms with Gasteiger partial charge in [0.25, 0.3) is 0 Å². The molecule has 1 fully saturated rings. The Balaban J connectivity index is 2.50. The Morgan fingerprint density at radius 2 is 1.60 bits per heavy atom. The maximum atomic E-state index is 12.8. The van der Waals surface area contributed by atoms with Crippen LogP contribution in [-0.4, -0.2) is 11.8 Å². The number of nitrogens with zero attached hydrogens (tertiary/aromatic N) is 1. The minimum Gasteiger partial charge on any atom is -0.398 e. The lowest BCUT2D eigenvalue weighted by atomic mass is 10.00. The minimum atomic E-state index is -4.64.